The van der Waals surface area contributed by atoms with Gasteiger partial charge in [-0.3, -0.25) is 4.79 Å². The van der Waals surface area contributed by atoms with Crippen LogP contribution in [0.3, 0.4) is 0 Å². The molecule has 7 heteroatoms. The molecule has 110 valence electrons. The molecule has 0 radical (unpaired) electrons. The number of methoxy groups -OCH3 is 1. The molecular weight excluding hydrogens is 264 g/mol. The summed E-state index contributed by atoms with van der Waals surface area (Å²) in [7, 11) is 1.57. The SMILES string of the molecule is COCCN(C(=O)c1cc(C(=O)O)on1)C(C)C1CC1. The van der Waals surface area contributed by atoms with Gasteiger partial charge in [-0.15, -0.1) is 0 Å². The lowest BCUT2D eigenvalue weighted by Crippen LogP contribution is -2.42. The minimum atomic E-state index is -1.24. The molecule has 1 aliphatic rings. The first-order chi connectivity index (χ1) is 9.54. The first-order valence-electron chi connectivity index (χ1n) is 6.54. The molecule has 7 nitrogen and oxygen atoms in total. The van der Waals surface area contributed by atoms with Gasteiger partial charge >= 0.3 is 5.97 Å². The van der Waals surface area contributed by atoms with Crippen LogP contribution >= 0.6 is 0 Å². The highest BCUT2D eigenvalue weighted by atomic mass is 16.5. The number of aromatic nitrogens is 1. The summed E-state index contributed by atoms with van der Waals surface area (Å²) in [4.78, 5) is 24.8. The van der Waals surface area contributed by atoms with E-state index in [9.17, 15) is 9.59 Å². The van der Waals surface area contributed by atoms with Crippen LogP contribution in [0.5, 0.6) is 0 Å². The molecule has 2 rings (SSSR count). The van der Waals surface area contributed by atoms with E-state index in [4.69, 9.17) is 9.84 Å². The highest BCUT2D eigenvalue weighted by molar-refractivity contribution is 5.95. The average Bonchev–Trinajstić information content (AvgIpc) is 3.15. The molecule has 1 atom stereocenters. The Labute approximate surface area is 116 Å². The van der Waals surface area contributed by atoms with Gasteiger partial charge in [0.05, 0.1) is 6.61 Å². The number of rotatable bonds is 7. The van der Waals surface area contributed by atoms with E-state index in [0.717, 1.165) is 18.9 Å². The number of amides is 1. The molecule has 1 aliphatic carbocycles. The van der Waals surface area contributed by atoms with Crippen molar-refractivity contribution in [1.29, 1.82) is 0 Å². The third-order valence-electron chi connectivity index (χ3n) is 3.53. The number of carbonyl (C=O) groups is 2. The van der Waals surface area contributed by atoms with E-state index in [1.807, 2.05) is 6.92 Å². The van der Waals surface area contributed by atoms with Crippen LogP contribution in [0.1, 0.15) is 40.8 Å². The molecule has 0 bridgehead atoms. The second kappa shape index (κ2) is 6.04. The van der Waals surface area contributed by atoms with Gasteiger partial charge in [0.25, 0.3) is 5.91 Å². The molecule has 0 spiro atoms. The van der Waals surface area contributed by atoms with Crippen LogP contribution in [0.25, 0.3) is 0 Å². The van der Waals surface area contributed by atoms with Crippen molar-refractivity contribution in [2.75, 3.05) is 20.3 Å². The summed E-state index contributed by atoms with van der Waals surface area (Å²) in [5, 5.41) is 12.3. The largest absolute Gasteiger partial charge is 0.475 e. The van der Waals surface area contributed by atoms with Gasteiger partial charge in [-0.05, 0) is 25.7 Å². The summed E-state index contributed by atoms with van der Waals surface area (Å²) < 4.78 is 9.65. The summed E-state index contributed by atoms with van der Waals surface area (Å²) >= 11 is 0. The van der Waals surface area contributed by atoms with Crippen molar-refractivity contribution in [3.8, 4) is 0 Å². The Hall–Kier alpha value is -1.89. The second-order valence-electron chi connectivity index (χ2n) is 4.95. The first-order valence-corrected chi connectivity index (χ1v) is 6.54. The van der Waals surface area contributed by atoms with Gasteiger partial charge in [-0.2, -0.15) is 0 Å². The van der Waals surface area contributed by atoms with Crippen LogP contribution < -0.4 is 0 Å². The quantitative estimate of drug-likeness (QED) is 0.809. The van der Waals surface area contributed by atoms with E-state index < -0.39 is 5.97 Å². The smallest absolute Gasteiger partial charge is 0.374 e. The Kier molecular flexibility index (Phi) is 4.39. The number of aromatic carboxylic acids is 1. The van der Waals surface area contributed by atoms with Gasteiger partial charge < -0.3 is 19.3 Å². The third-order valence-corrected chi connectivity index (χ3v) is 3.53. The molecule has 1 saturated carbocycles. The maximum atomic E-state index is 12.4. The van der Waals surface area contributed by atoms with Crippen molar-refractivity contribution < 1.29 is 24.0 Å². The van der Waals surface area contributed by atoms with Gasteiger partial charge in [0.1, 0.15) is 0 Å². The van der Waals surface area contributed by atoms with E-state index in [-0.39, 0.29) is 23.4 Å². The lowest BCUT2D eigenvalue weighted by molar-refractivity contribution is 0.0580. The number of hydrogen-bond donors (Lipinski definition) is 1. The molecular formula is C13H18N2O5. The fraction of sp³-hybridized carbons (Fsp3) is 0.615. The second-order valence-corrected chi connectivity index (χ2v) is 4.95. The van der Waals surface area contributed by atoms with Crippen molar-refractivity contribution in [3.63, 3.8) is 0 Å². The zero-order valence-corrected chi connectivity index (χ0v) is 11.5. The normalized spacial score (nSPS) is 15.9. The fourth-order valence-corrected chi connectivity index (χ4v) is 2.14. The number of nitrogens with zero attached hydrogens (tertiary/aromatic N) is 2. The standard InChI is InChI=1S/C13H18N2O5/c1-8(9-3-4-9)15(5-6-19-2)12(16)10-7-11(13(17)18)20-14-10/h7-9H,3-6H2,1-2H3,(H,17,18). The minimum absolute atomic E-state index is 0.0194. The third kappa shape index (κ3) is 3.16. The zero-order valence-electron chi connectivity index (χ0n) is 11.5. The molecule has 1 heterocycles. The number of carboxylic acids is 1. The van der Waals surface area contributed by atoms with Crippen molar-refractivity contribution in [2.45, 2.75) is 25.8 Å². The van der Waals surface area contributed by atoms with Crippen LogP contribution in [-0.2, 0) is 4.74 Å². The van der Waals surface area contributed by atoms with E-state index in [0.29, 0.717) is 19.1 Å². The van der Waals surface area contributed by atoms with Gasteiger partial charge in [0, 0.05) is 25.8 Å². The van der Waals surface area contributed by atoms with Crippen LogP contribution in [0.2, 0.25) is 0 Å². The van der Waals surface area contributed by atoms with Crippen LogP contribution in [-0.4, -0.2) is 53.3 Å². The Morgan fingerprint density at radius 2 is 2.30 bits per heavy atom. The molecule has 1 unspecified atom stereocenters. The van der Waals surface area contributed by atoms with E-state index >= 15 is 0 Å². The van der Waals surface area contributed by atoms with Crippen LogP contribution in [0, 0.1) is 5.92 Å². The maximum Gasteiger partial charge on any atom is 0.374 e. The predicted octanol–water partition coefficient (Wildman–Crippen LogP) is 1.26. The fourth-order valence-electron chi connectivity index (χ4n) is 2.14. The van der Waals surface area contributed by atoms with E-state index in [1.165, 1.54) is 0 Å². The molecule has 0 aromatic carbocycles. The summed E-state index contributed by atoms with van der Waals surface area (Å²) in [6.45, 7) is 2.86. The molecule has 20 heavy (non-hydrogen) atoms. The highest BCUT2D eigenvalue weighted by Crippen LogP contribution is 2.35. The zero-order chi connectivity index (χ0) is 14.7. The highest BCUT2D eigenvalue weighted by Gasteiger charge is 2.35. The molecule has 0 aliphatic heterocycles. The van der Waals surface area contributed by atoms with Crippen LogP contribution in [0.15, 0.2) is 10.6 Å². The number of carbonyl (C=O) groups excluding carboxylic acids is 1. The maximum absolute atomic E-state index is 12.4. The Morgan fingerprint density at radius 3 is 2.80 bits per heavy atom. The molecule has 1 aromatic heterocycles. The monoisotopic (exact) mass is 282 g/mol. The first kappa shape index (κ1) is 14.5. The van der Waals surface area contributed by atoms with Crippen molar-refractivity contribution in [2.24, 2.45) is 5.92 Å². The summed E-state index contributed by atoms with van der Waals surface area (Å²) in [6, 6.07) is 1.24. The molecule has 0 saturated heterocycles. The number of hydrogen-bond acceptors (Lipinski definition) is 5. The summed E-state index contributed by atoms with van der Waals surface area (Å²) in [5.74, 6) is -1.39. The summed E-state index contributed by atoms with van der Waals surface area (Å²) in [5.41, 5.74) is 0.0194. The molecule has 1 fully saturated rings. The summed E-state index contributed by atoms with van der Waals surface area (Å²) in [6.07, 6.45) is 2.22. The Balaban J connectivity index is 2.13. The van der Waals surface area contributed by atoms with Crippen molar-refractivity contribution in [3.05, 3.63) is 17.5 Å². The van der Waals surface area contributed by atoms with Gasteiger partial charge in [-0.25, -0.2) is 4.79 Å². The Bertz CT molecular complexity index is 495. The molecule has 1 N–H and O–H groups in total. The topological polar surface area (TPSA) is 92.9 Å². The predicted molar refractivity (Wildman–Crippen MR) is 68.6 cm³/mol. The van der Waals surface area contributed by atoms with Gasteiger partial charge in [0.2, 0.25) is 5.76 Å². The van der Waals surface area contributed by atoms with Crippen LogP contribution in [0.4, 0.5) is 0 Å². The number of ether oxygens (including phenoxy) is 1. The van der Waals surface area contributed by atoms with Crippen molar-refractivity contribution >= 4 is 11.9 Å². The minimum Gasteiger partial charge on any atom is -0.475 e. The van der Waals surface area contributed by atoms with E-state index in [2.05, 4.69) is 9.68 Å². The Morgan fingerprint density at radius 1 is 1.60 bits per heavy atom. The average molecular weight is 282 g/mol. The molecule has 1 amide bonds. The lowest BCUT2D eigenvalue weighted by atomic mass is 10.1. The number of carboxylic acid groups (broad SMARTS) is 1. The van der Waals surface area contributed by atoms with E-state index in [1.54, 1.807) is 12.0 Å². The van der Waals surface area contributed by atoms with Gasteiger partial charge in [0.15, 0.2) is 5.69 Å². The molecule has 1 aromatic rings. The van der Waals surface area contributed by atoms with Crippen molar-refractivity contribution in [1.82, 2.24) is 10.1 Å². The lowest BCUT2D eigenvalue weighted by Gasteiger charge is -2.28. The van der Waals surface area contributed by atoms with Gasteiger partial charge in [-0.1, -0.05) is 5.16 Å².